The van der Waals surface area contributed by atoms with Crippen LogP contribution in [0.3, 0.4) is 0 Å². The van der Waals surface area contributed by atoms with Crippen molar-refractivity contribution in [1.82, 2.24) is 9.97 Å². The second kappa shape index (κ2) is 5.52. The van der Waals surface area contributed by atoms with Crippen molar-refractivity contribution >= 4 is 21.7 Å². The van der Waals surface area contributed by atoms with E-state index in [-0.39, 0.29) is 5.41 Å². The summed E-state index contributed by atoms with van der Waals surface area (Å²) in [7, 11) is 1.88. The van der Waals surface area contributed by atoms with Gasteiger partial charge in [-0.1, -0.05) is 42.8 Å². The van der Waals surface area contributed by atoms with Crippen molar-refractivity contribution in [3.8, 4) is 11.4 Å². The number of nitrogens with zero attached hydrogens (tertiary/aromatic N) is 2. The van der Waals surface area contributed by atoms with Crippen molar-refractivity contribution in [3.63, 3.8) is 0 Å². The number of anilines is 1. The summed E-state index contributed by atoms with van der Waals surface area (Å²) in [5.41, 5.74) is 3.24. The molecule has 0 aliphatic carbocycles. The molecule has 4 heteroatoms. The summed E-state index contributed by atoms with van der Waals surface area (Å²) in [5, 5.41) is 3.12. The zero-order valence-electron chi connectivity index (χ0n) is 12.6. The number of aryl methyl sites for hydroxylation is 1. The zero-order valence-corrected chi connectivity index (χ0v) is 14.2. The summed E-state index contributed by atoms with van der Waals surface area (Å²) in [6.07, 6.45) is 0. The summed E-state index contributed by atoms with van der Waals surface area (Å²) in [5.74, 6) is 1.61. The molecule has 0 spiro atoms. The second-order valence-electron chi connectivity index (χ2n) is 5.93. The summed E-state index contributed by atoms with van der Waals surface area (Å²) in [6.45, 7) is 8.54. The predicted octanol–water partition coefficient (Wildman–Crippen LogP) is 4.55. The van der Waals surface area contributed by atoms with Gasteiger partial charge in [0, 0.05) is 28.6 Å². The highest BCUT2D eigenvalue weighted by Gasteiger charge is 2.18. The molecule has 0 amide bonds. The molecule has 1 aromatic carbocycles. The van der Waals surface area contributed by atoms with Gasteiger partial charge in [-0.3, -0.25) is 0 Å². The SMILES string of the molecule is CNc1cc(C(C)(C)C)nc(-c2ccc(Br)c(C)c2)n1. The number of aromatic nitrogens is 2. The maximum atomic E-state index is 4.73. The molecule has 3 nitrogen and oxygen atoms in total. The van der Waals surface area contributed by atoms with Crippen LogP contribution in [0.15, 0.2) is 28.7 Å². The summed E-state index contributed by atoms with van der Waals surface area (Å²) >= 11 is 3.52. The molecule has 0 bridgehead atoms. The van der Waals surface area contributed by atoms with E-state index in [0.29, 0.717) is 0 Å². The van der Waals surface area contributed by atoms with Gasteiger partial charge in [0.15, 0.2) is 5.82 Å². The number of nitrogens with one attached hydrogen (secondary N) is 1. The monoisotopic (exact) mass is 333 g/mol. The lowest BCUT2D eigenvalue weighted by Crippen LogP contribution is -2.15. The Morgan fingerprint density at radius 2 is 1.80 bits per heavy atom. The van der Waals surface area contributed by atoms with Crippen LogP contribution in [0.2, 0.25) is 0 Å². The average Bonchev–Trinajstić information content (AvgIpc) is 2.40. The molecule has 1 N–H and O–H groups in total. The Bertz CT molecular complexity index is 630. The van der Waals surface area contributed by atoms with Gasteiger partial charge in [0.2, 0.25) is 0 Å². The molecule has 0 atom stereocenters. The topological polar surface area (TPSA) is 37.8 Å². The van der Waals surface area contributed by atoms with Crippen molar-refractivity contribution in [3.05, 3.63) is 40.0 Å². The molecule has 0 aliphatic heterocycles. The highest BCUT2D eigenvalue weighted by molar-refractivity contribution is 9.10. The Kier molecular flexibility index (Phi) is 4.14. The largest absolute Gasteiger partial charge is 0.373 e. The molecule has 2 rings (SSSR count). The molecule has 1 aromatic heterocycles. The molecule has 106 valence electrons. The lowest BCUT2D eigenvalue weighted by Gasteiger charge is -2.19. The van der Waals surface area contributed by atoms with E-state index >= 15 is 0 Å². The van der Waals surface area contributed by atoms with Crippen molar-refractivity contribution in [2.75, 3.05) is 12.4 Å². The molecule has 2 aromatic rings. The molecule has 0 unspecified atom stereocenters. The minimum absolute atomic E-state index is 0.00625. The quantitative estimate of drug-likeness (QED) is 0.875. The van der Waals surface area contributed by atoms with Gasteiger partial charge in [-0.05, 0) is 24.6 Å². The fourth-order valence-corrected chi connectivity index (χ4v) is 2.12. The number of hydrogen-bond donors (Lipinski definition) is 1. The third kappa shape index (κ3) is 3.18. The molecular weight excluding hydrogens is 314 g/mol. The van der Waals surface area contributed by atoms with Crippen LogP contribution in [0.5, 0.6) is 0 Å². The standard InChI is InChI=1S/C16H20BrN3/c1-10-8-11(6-7-12(10)17)15-19-13(16(2,3)4)9-14(18-5)20-15/h6-9H,1-5H3,(H,18,19,20). The van der Waals surface area contributed by atoms with Gasteiger partial charge in [0.25, 0.3) is 0 Å². The minimum Gasteiger partial charge on any atom is -0.373 e. The predicted molar refractivity (Wildman–Crippen MR) is 88.2 cm³/mol. The average molecular weight is 334 g/mol. The Hall–Kier alpha value is -1.42. The van der Waals surface area contributed by atoms with Crippen LogP contribution in [0.4, 0.5) is 5.82 Å². The van der Waals surface area contributed by atoms with Crippen LogP contribution in [-0.2, 0) is 5.41 Å². The van der Waals surface area contributed by atoms with E-state index in [4.69, 9.17) is 4.98 Å². The van der Waals surface area contributed by atoms with E-state index in [1.807, 2.05) is 25.2 Å². The molecule has 0 radical (unpaired) electrons. The van der Waals surface area contributed by atoms with Gasteiger partial charge < -0.3 is 5.32 Å². The third-order valence-electron chi connectivity index (χ3n) is 3.17. The van der Waals surface area contributed by atoms with E-state index in [9.17, 15) is 0 Å². The maximum absolute atomic E-state index is 4.73. The Labute approximate surface area is 129 Å². The summed E-state index contributed by atoms with van der Waals surface area (Å²) in [4.78, 5) is 9.30. The minimum atomic E-state index is -0.00625. The number of hydrogen-bond acceptors (Lipinski definition) is 3. The molecule has 0 saturated heterocycles. The van der Waals surface area contributed by atoms with Gasteiger partial charge in [-0.15, -0.1) is 0 Å². The van der Waals surface area contributed by atoms with Gasteiger partial charge in [0.05, 0.1) is 5.69 Å². The Morgan fingerprint density at radius 1 is 1.10 bits per heavy atom. The van der Waals surface area contributed by atoms with E-state index < -0.39 is 0 Å². The molecular formula is C16H20BrN3. The Balaban J connectivity index is 2.58. The lowest BCUT2D eigenvalue weighted by atomic mass is 9.91. The van der Waals surface area contributed by atoms with Crippen LogP contribution in [0.1, 0.15) is 32.0 Å². The van der Waals surface area contributed by atoms with Crippen molar-refractivity contribution in [1.29, 1.82) is 0 Å². The van der Waals surface area contributed by atoms with Crippen molar-refractivity contribution in [2.24, 2.45) is 0 Å². The summed E-state index contributed by atoms with van der Waals surface area (Å²) < 4.78 is 1.10. The van der Waals surface area contributed by atoms with E-state index in [2.05, 4.69) is 60.0 Å². The number of rotatable bonds is 2. The highest BCUT2D eigenvalue weighted by Crippen LogP contribution is 2.27. The first kappa shape index (κ1) is 15.0. The van der Waals surface area contributed by atoms with Crippen LogP contribution < -0.4 is 5.32 Å². The molecule has 0 aliphatic rings. The maximum Gasteiger partial charge on any atom is 0.161 e. The zero-order chi connectivity index (χ0) is 14.9. The van der Waals surface area contributed by atoms with Crippen molar-refractivity contribution in [2.45, 2.75) is 33.1 Å². The highest BCUT2D eigenvalue weighted by atomic mass is 79.9. The normalized spacial score (nSPS) is 11.5. The van der Waals surface area contributed by atoms with Crippen LogP contribution >= 0.6 is 15.9 Å². The molecule has 20 heavy (non-hydrogen) atoms. The van der Waals surface area contributed by atoms with Gasteiger partial charge in [0.1, 0.15) is 5.82 Å². The van der Waals surface area contributed by atoms with Gasteiger partial charge >= 0.3 is 0 Å². The first-order chi connectivity index (χ1) is 9.31. The van der Waals surface area contributed by atoms with E-state index in [1.54, 1.807) is 0 Å². The first-order valence-corrected chi connectivity index (χ1v) is 7.44. The number of benzene rings is 1. The fourth-order valence-electron chi connectivity index (χ4n) is 1.87. The summed E-state index contributed by atoms with van der Waals surface area (Å²) in [6, 6.07) is 8.19. The smallest absolute Gasteiger partial charge is 0.161 e. The van der Waals surface area contributed by atoms with Crippen LogP contribution in [-0.4, -0.2) is 17.0 Å². The molecule has 1 heterocycles. The first-order valence-electron chi connectivity index (χ1n) is 6.65. The molecule has 0 saturated carbocycles. The van der Waals surface area contributed by atoms with Crippen molar-refractivity contribution < 1.29 is 0 Å². The fraction of sp³-hybridized carbons (Fsp3) is 0.375. The second-order valence-corrected chi connectivity index (χ2v) is 6.78. The van der Waals surface area contributed by atoms with E-state index in [0.717, 1.165) is 27.4 Å². The lowest BCUT2D eigenvalue weighted by molar-refractivity contribution is 0.568. The van der Waals surface area contributed by atoms with Crippen LogP contribution in [0, 0.1) is 6.92 Å². The molecule has 0 fully saturated rings. The van der Waals surface area contributed by atoms with Crippen LogP contribution in [0.25, 0.3) is 11.4 Å². The van der Waals surface area contributed by atoms with E-state index in [1.165, 1.54) is 5.56 Å². The van der Waals surface area contributed by atoms with Gasteiger partial charge in [-0.2, -0.15) is 0 Å². The Morgan fingerprint density at radius 3 is 2.35 bits per heavy atom. The third-order valence-corrected chi connectivity index (χ3v) is 4.06. The van der Waals surface area contributed by atoms with Gasteiger partial charge in [-0.25, -0.2) is 9.97 Å². The number of halogens is 1.